The van der Waals surface area contributed by atoms with E-state index in [0.717, 1.165) is 6.92 Å². The Hall–Kier alpha value is -3.61. The number of alkyl halides is 3. The second kappa shape index (κ2) is 9.33. The number of hydrogen-bond acceptors (Lipinski definition) is 7. The predicted octanol–water partition coefficient (Wildman–Crippen LogP) is 2.16. The number of pyridine rings is 2. The Morgan fingerprint density at radius 3 is 2.85 bits per heavy atom. The van der Waals surface area contributed by atoms with Crippen LogP contribution in [0.4, 0.5) is 35.3 Å². The largest absolute Gasteiger partial charge is 0.491 e. The molecule has 2 aromatic heterocycles. The molecular weight excluding hydrogens is 457 g/mol. The number of urea groups is 1. The lowest BCUT2D eigenvalue weighted by molar-refractivity contribution is -0.149. The number of aliphatic hydroxyl groups is 1. The molecule has 13 heteroatoms. The van der Waals surface area contributed by atoms with Gasteiger partial charge >= 0.3 is 12.2 Å². The van der Waals surface area contributed by atoms with Gasteiger partial charge in [0.1, 0.15) is 29.9 Å². The van der Waals surface area contributed by atoms with Gasteiger partial charge in [0.05, 0.1) is 18.3 Å². The van der Waals surface area contributed by atoms with Gasteiger partial charge in [0.15, 0.2) is 5.82 Å². The van der Waals surface area contributed by atoms with Gasteiger partial charge in [0.25, 0.3) is 5.91 Å². The first-order valence-electron chi connectivity index (χ1n) is 10.6. The van der Waals surface area contributed by atoms with Gasteiger partial charge in [-0.25, -0.2) is 14.8 Å². The van der Waals surface area contributed by atoms with Crippen molar-refractivity contribution in [1.29, 1.82) is 0 Å². The summed E-state index contributed by atoms with van der Waals surface area (Å²) in [7, 11) is 0. The van der Waals surface area contributed by atoms with Crippen molar-refractivity contribution in [1.82, 2.24) is 15.3 Å². The fourth-order valence-electron chi connectivity index (χ4n) is 3.85. The molecule has 1 fully saturated rings. The number of nitrogens with zero attached hydrogens (tertiary/aromatic N) is 4. The minimum absolute atomic E-state index is 0.0799. The van der Waals surface area contributed by atoms with Gasteiger partial charge in [-0.1, -0.05) is 0 Å². The van der Waals surface area contributed by atoms with Crippen molar-refractivity contribution < 1.29 is 32.6 Å². The van der Waals surface area contributed by atoms with Crippen LogP contribution in [0.15, 0.2) is 30.5 Å². The lowest BCUT2D eigenvalue weighted by Crippen LogP contribution is -2.49. The number of ether oxygens (including phenoxy) is 1. The Morgan fingerprint density at radius 1 is 1.32 bits per heavy atom. The number of anilines is 3. The molecule has 3 amide bonds. The first-order chi connectivity index (χ1) is 16.2. The molecule has 2 atom stereocenters. The molecule has 0 saturated carbocycles. The normalized spacial score (nSPS) is 17.7. The second-order valence-electron chi connectivity index (χ2n) is 7.91. The number of hydrogen-bond donors (Lipinski definition) is 3. The lowest BCUT2D eigenvalue weighted by atomic mass is 10.1. The standard InChI is InChI=1S/C21H23F3N6O4/c1-12(21(22,23)24)26-19(32)15-2-3-16-18(27-15)30(13-5-7-29(16)11-13)20(33)28-17-10-14(4-6-25-17)34-9-8-31/h2-4,6,10,12-13,31H,5,7-9,11H2,1H3,(H,26,32)(H,25,28,33)/t12-,13+/m1/s1. The van der Waals surface area contributed by atoms with Gasteiger partial charge < -0.3 is 20.1 Å². The molecule has 0 radical (unpaired) electrons. The summed E-state index contributed by atoms with van der Waals surface area (Å²) in [5, 5.41) is 13.5. The summed E-state index contributed by atoms with van der Waals surface area (Å²) in [4.78, 5) is 37.4. The van der Waals surface area contributed by atoms with E-state index in [1.807, 2.05) is 10.2 Å². The van der Waals surface area contributed by atoms with Gasteiger partial charge in [-0.2, -0.15) is 13.2 Å². The molecule has 2 aliphatic heterocycles. The van der Waals surface area contributed by atoms with Crippen LogP contribution in [0, 0.1) is 0 Å². The van der Waals surface area contributed by atoms with Crippen LogP contribution in [0.5, 0.6) is 5.75 Å². The summed E-state index contributed by atoms with van der Waals surface area (Å²) in [6.45, 7) is 1.98. The van der Waals surface area contributed by atoms with Crippen molar-refractivity contribution in [3.05, 3.63) is 36.2 Å². The summed E-state index contributed by atoms with van der Waals surface area (Å²) in [6.07, 6.45) is -2.50. The highest BCUT2D eigenvalue weighted by Crippen LogP contribution is 2.39. The summed E-state index contributed by atoms with van der Waals surface area (Å²) in [5.41, 5.74) is 0.380. The van der Waals surface area contributed by atoms with Gasteiger partial charge in [-0.3, -0.25) is 15.0 Å². The van der Waals surface area contributed by atoms with Crippen LogP contribution in [0.1, 0.15) is 23.8 Å². The molecule has 4 heterocycles. The minimum atomic E-state index is -4.59. The van der Waals surface area contributed by atoms with Gasteiger partial charge in [-0.05, 0) is 31.5 Å². The van der Waals surface area contributed by atoms with E-state index in [0.29, 0.717) is 30.9 Å². The second-order valence-corrected chi connectivity index (χ2v) is 7.91. The molecule has 34 heavy (non-hydrogen) atoms. The summed E-state index contributed by atoms with van der Waals surface area (Å²) in [5.74, 6) is -0.195. The first-order valence-corrected chi connectivity index (χ1v) is 10.6. The zero-order chi connectivity index (χ0) is 24.5. The Labute approximate surface area is 192 Å². The highest BCUT2D eigenvalue weighted by atomic mass is 19.4. The van der Waals surface area contributed by atoms with Crippen molar-refractivity contribution in [3.63, 3.8) is 0 Å². The number of aromatic nitrogens is 2. The molecular formula is C21H23F3N6O4. The van der Waals surface area contributed by atoms with Crippen LogP contribution in [-0.4, -0.2) is 71.6 Å². The number of carbonyl (C=O) groups is 2. The number of rotatable bonds is 6. The number of aliphatic hydroxyl groups excluding tert-OH is 1. The van der Waals surface area contributed by atoms with E-state index in [1.54, 1.807) is 12.1 Å². The number of amides is 3. The molecule has 10 nitrogen and oxygen atoms in total. The lowest BCUT2D eigenvalue weighted by Gasteiger charge is -2.35. The maximum Gasteiger partial charge on any atom is 0.408 e. The molecule has 3 N–H and O–H groups in total. The summed E-state index contributed by atoms with van der Waals surface area (Å²) in [6, 6.07) is 3.16. The Balaban J connectivity index is 1.58. The zero-order valence-corrected chi connectivity index (χ0v) is 18.2. The first kappa shape index (κ1) is 23.5. The van der Waals surface area contributed by atoms with Crippen LogP contribution in [0.2, 0.25) is 0 Å². The fraction of sp³-hybridized carbons (Fsp3) is 0.429. The Kier molecular flexibility index (Phi) is 6.46. The SMILES string of the molecule is C[C@@H](NC(=O)c1ccc2c(n1)N(C(=O)Nc1cc(OCCO)ccn1)[C@H]1CCN2C1)C(F)(F)F. The van der Waals surface area contributed by atoms with Gasteiger partial charge in [0.2, 0.25) is 0 Å². The topological polar surface area (TPSA) is 120 Å². The molecule has 2 aromatic rings. The zero-order valence-electron chi connectivity index (χ0n) is 18.2. The molecule has 1 saturated heterocycles. The van der Waals surface area contributed by atoms with E-state index in [4.69, 9.17) is 9.84 Å². The third-order valence-corrected chi connectivity index (χ3v) is 5.57. The number of carbonyl (C=O) groups excluding carboxylic acids is 2. The molecule has 2 aliphatic rings. The Morgan fingerprint density at radius 2 is 2.12 bits per heavy atom. The number of fused-ring (bicyclic) bond motifs is 4. The van der Waals surface area contributed by atoms with E-state index in [2.05, 4.69) is 15.3 Å². The third kappa shape index (κ3) is 4.83. The van der Waals surface area contributed by atoms with Crippen LogP contribution >= 0.6 is 0 Å². The summed E-state index contributed by atoms with van der Waals surface area (Å²) < 4.78 is 43.9. The van der Waals surface area contributed by atoms with E-state index < -0.39 is 24.2 Å². The van der Waals surface area contributed by atoms with Crippen LogP contribution in [0.25, 0.3) is 0 Å². The predicted molar refractivity (Wildman–Crippen MR) is 116 cm³/mol. The maximum atomic E-state index is 13.2. The molecule has 0 spiro atoms. The fourth-order valence-corrected chi connectivity index (χ4v) is 3.85. The van der Waals surface area contributed by atoms with Crippen molar-refractivity contribution in [3.8, 4) is 5.75 Å². The molecule has 0 aliphatic carbocycles. The average Bonchev–Trinajstić information content (AvgIpc) is 3.21. The monoisotopic (exact) mass is 480 g/mol. The van der Waals surface area contributed by atoms with Crippen molar-refractivity contribution in [2.24, 2.45) is 0 Å². The third-order valence-electron chi connectivity index (χ3n) is 5.57. The van der Waals surface area contributed by atoms with E-state index in [9.17, 15) is 22.8 Å². The van der Waals surface area contributed by atoms with Crippen molar-refractivity contribution in [2.45, 2.75) is 31.6 Å². The molecule has 182 valence electrons. The Bertz CT molecular complexity index is 1080. The molecule has 2 bridgehead atoms. The van der Waals surface area contributed by atoms with Crippen LogP contribution in [-0.2, 0) is 0 Å². The van der Waals surface area contributed by atoms with Gasteiger partial charge in [0, 0.05) is 25.4 Å². The van der Waals surface area contributed by atoms with Gasteiger partial charge in [-0.15, -0.1) is 0 Å². The summed E-state index contributed by atoms with van der Waals surface area (Å²) >= 11 is 0. The van der Waals surface area contributed by atoms with Crippen molar-refractivity contribution >= 4 is 29.3 Å². The minimum Gasteiger partial charge on any atom is -0.491 e. The average molecular weight is 480 g/mol. The number of halogens is 3. The van der Waals surface area contributed by atoms with Crippen LogP contribution in [0.3, 0.4) is 0 Å². The van der Waals surface area contributed by atoms with E-state index in [-0.39, 0.29) is 36.6 Å². The quantitative estimate of drug-likeness (QED) is 0.580. The molecule has 0 aromatic carbocycles. The van der Waals surface area contributed by atoms with E-state index >= 15 is 0 Å². The van der Waals surface area contributed by atoms with E-state index in [1.165, 1.54) is 23.2 Å². The van der Waals surface area contributed by atoms with Crippen molar-refractivity contribution in [2.75, 3.05) is 41.4 Å². The number of nitrogens with one attached hydrogen (secondary N) is 2. The van der Waals surface area contributed by atoms with Crippen LogP contribution < -0.4 is 25.2 Å². The molecule has 4 rings (SSSR count). The molecule has 0 unspecified atom stereocenters. The highest BCUT2D eigenvalue weighted by molar-refractivity contribution is 6.05. The highest BCUT2D eigenvalue weighted by Gasteiger charge is 2.41. The maximum absolute atomic E-state index is 13.2. The smallest absolute Gasteiger partial charge is 0.408 e.